The quantitative estimate of drug-likeness (QED) is 0.358. The van der Waals surface area contributed by atoms with Crippen LogP contribution < -0.4 is 5.43 Å². The molecule has 1 N–H and O–H groups in total. The Hall–Kier alpha value is -1.63. The van der Waals surface area contributed by atoms with Gasteiger partial charge in [-0.25, -0.2) is 20.2 Å². The van der Waals surface area contributed by atoms with Crippen LogP contribution in [0.1, 0.15) is 5.56 Å². The van der Waals surface area contributed by atoms with Crippen LogP contribution in [0, 0.1) is 0 Å². The Morgan fingerprint density at radius 1 is 1.60 bits per heavy atom. The number of rotatable bonds is 3. The summed E-state index contributed by atoms with van der Waals surface area (Å²) in [6.45, 7) is 0. The molecule has 6 nitrogen and oxygen atoms in total. The van der Waals surface area contributed by atoms with Crippen LogP contribution in [0.25, 0.3) is 0 Å². The molecule has 1 heterocycles. The predicted molar refractivity (Wildman–Crippen MR) is 56.9 cm³/mol. The van der Waals surface area contributed by atoms with E-state index in [4.69, 9.17) is 0 Å². The van der Waals surface area contributed by atoms with Crippen molar-refractivity contribution in [3.63, 3.8) is 0 Å². The van der Waals surface area contributed by atoms with Crippen molar-refractivity contribution in [2.24, 2.45) is 5.10 Å². The summed E-state index contributed by atoms with van der Waals surface area (Å²) >= 11 is 1.45. The highest BCUT2D eigenvalue weighted by molar-refractivity contribution is 7.98. The number of hydrogen-bond donors (Lipinski definition) is 1. The molecular weight excluding hydrogens is 216 g/mol. The largest absolute Gasteiger partial charge is 0.452 e. The number of hydrogen-bond acceptors (Lipinski definition) is 6. The molecule has 0 saturated heterocycles. The molecule has 0 aliphatic rings. The van der Waals surface area contributed by atoms with Crippen LogP contribution in [-0.4, -0.2) is 35.6 Å². The molecule has 1 amide bonds. The Bertz CT molecular complexity index is 352. The Morgan fingerprint density at radius 3 is 2.80 bits per heavy atom. The van der Waals surface area contributed by atoms with Crippen molar-refractivity contribution in [1.82, 2.24) is 15.4 Å². The van der Waals surface area contributed by atoms with Gasteiger partial charge in [0.05, 0.1) is 13.3 Å². The van der Waals surface area contributed by atoms with Gasteiger partial charge in [-0.05, 0) is 6.26 Å². The van der Waals surface area contributed by atoms with Gasteiger partial charge in [-0.15, -0.1) is 0 Å². The number of carbonyl (C=O) groups is 1. The lowest BCUT2D eigenvalue weighted by Crippen LogP contribution is -2.16. The van der Waals surface area contributed by atoms with Gasteiger partial charge >= 0.3 is 6.09 Å². The van der Waals surface area contributed by atoms with Gasteiger partial charge in [0.2, 0.25) is 0 Å². The highest BCUT2D eigenvalue weighted by Gasteiger charge is 1.95. The van der Waals surface area contributed by atoms with Crippen molar-refractivity contribution >= 4 is 24.1 Å². The van der Waals surface area contributed by atoms with Gasteiger partial charge in [-0.1, -0.05) is 11.8 Å². The zero-order chi connectivity index (χ0) is 11.1. The first-order chi connectivity index (χ1) is 7.26. The number of hydrazone groups is 1. The Balaban J connectivity index is 2.53. The van der Waals surface area contributed by atoms with Gasteiger partial charge in [-0.3, -0.25) is 0 Å². The molecule has 0 bridgehead atoms. The van der Waals surface area contributed by atoms with Crippen LogP contribution in [0.3, 0.4) is 0 Å². The number of aromatic nitrogens is 2. The number of nitrogens with one attached hydrogen (secondary N) is 1. The minimum atomic E-state index is -0.618. The first-order valence-electron chi connectivity index (χ1n) is 3.99. The lowest BCUT2D eigenvalue weighted by Gasteiger charge is -1.96. The smallest absolute Gasteiger partial charge is 0.427 e. The van der Waals surface area contributed by atoms with Gasteiger partial charge < -0.3 is 4.74 Å². The number of methoxy groups -OCH3 is 1. The maximum atomic E-state index is 10.6. The van der Waals surface area contributed by atoms with E-state index in [1.165, 1.54) is 25.1 Å². The molecule has 0 fully saturated rings. The SMILES string of the molecule is COC(=O)N/N=C\c1cnc(SC)nc1. The van der Waals surface area contributed by atoms with Crippen molar-refractivity contribution in [1.29, 1.82) is 0 Å². The lowest BCUT2D eigenvalue weighted by atomic mass is 10.4. The summed E-state index contributed by atoms with van der Waals surface area (Å²) in [5, 5.41) is 4.32. The standard InChI is InChI=1S/C8H10N4O2S/c1-14-8(13)12-11-5-6-3-9-7(15-2)10-4-6/h3-5H,1-2H3,(H,12,13)/b11-5-. The number of amides is 1. The Kier molecular flexibility index (Phi) is 4.55. The molecule has 0 atom stereocenters. The number of thioether (sulfide) groups is 1. The molecule has 0 saturated carbocycles. The number of ether oxygens (including phenoxy) is 1. The van der Waals surface area contributed by atoms with Crippen molar-refractivity contribution in [2.45, 2.75) is 5.16 Å². The summed E-state index contributed by atoms with van der Waals surface area (Å²) in [6, 6.07) is 0. The second-order valence-corrected chi connectivity index (χ2v) is 3.14. The van der Waals surface area contributed by atoms with Crippen LogP contribution in [0.4, 0.5) is 4.79 Å². The Labute approximate surface area is 91.1 Å². The van der Waals surface area contributed by atoms with Crippen molar-refractivity contribution in [2.75, 3.05) is 13.4 Å². The molecule has 0 aliphatic heterocycles. The molecule has 1 rings (SSSR count). The fraction of sp³-hybridized carbons (Fsp3) is 0.250. The topological polar surface area (TPSA) is 76.5 Å². The van der Waals surface area contributed by atoms with Gasteiger partial charge in [0.1, 0.15) is 0 Å². The second kappa shape index (κ2) is 5.97. The number of nitrogens with zero attached hydrogens (tertiary/aromatic N) is 3. The summed E-state index contributed by atoms with van der Waals surface area (Å²) in [5.74, 6) is 0. The maximum Gasteiger partial charge on any atom is 0.427 e. The third kappa shape index (κ3) is 3.94. The van der Waals surface area contributed by atoms with E-state index in [0.717, 1.165) is 0 Å². The van der Waals surface area contributed by atoms with Crippen LogP contribution in [0.15, 0.2) is 22.7 Å². The van der Waals surface area contributed by atoms with E-state index in [1.54, 1.807) is 12.4 Å². The Morgan fingerprint density at radius 2 is 2.27 bits per heavy atom. The molecule has 1 aromatic rings. The molecule has 0 aliphatic carbocycles. The summed E-state index contributed by atoms with van der Waals surface area (Å²) in [5.41, 5.74) is 2.86. The molecule has 1 aromatic heterocycles. The summed E-state index contributed by atoms with van der Waals surface area (Å²) in [7, 11) is 1.27. The third-order valence-electron chi connectivity index (χ3n) is 1.39. The number of carbonyl (C=O) groups excluding carboxylic acids is 1. The molecule has 15 heavy (non-hydrogen) atoms. The molecule has 0 unspecified atom stereocenters. The summed E-state index contributed by atoms with van der Waals surface area (Å²) in [4.78, 5) is 18.7. The van der Waals surface area contributed by atoms with Gasteiger partial charge in [0, 0.05) is 18.0 Å². The third-order valence-corrected chi connectivity index (χ3v) is 1.96. The first-order valence-corrected chi connectivity index (χ1v) is 5.22. The monoisotopic (exact) mass is 226 g/mol. The second-order valence-electron chi connectivity index (χ2n) is 2.36. The highest BCUT2D eigenvalue weighted by Crippen LogP contribution is 2.05. The van der Waals surface area contributed by atoms with Gasteiger partial charge in [-0.2, -0.15) is 5.10 Å². The fourth-order valence-corrected chi connectivity index (χ4v) is 1.02. The van der Waals surface area contributed by atoms with Crippen molar-refractivity contribution in [3.05, 3.63) is 18.0 Å². The van der Waals surface area contributed by atoms with E-state index < -0.39 is 6.09 Å². The molecular formula is C8H10N4O2S. The fourth-order valence-electron chi connectivity index (χ4n) is 0.703. The van der Waals surface area contributed by atoms with Crippen LogP contribution in [0.5, 0.6) is 0 Å². The van der Waals surface area contributed by atoms with Crippen molar-refractivity contribution < 1.29 is 9.53 Å². The minimum absolute atomic E-state index is 0.618. The molecule has 80 valence electrons. The van der Waals surface area contributed by atoms with E-state index >= 15 is 0 Å². The van der Waals surface area contributed by atoms with E-state index in [9.17, 15) is 4.79 Å². The first kappa shape index (κ1) is 11.4. The average Bonchev–Trinajstić information content (AvgIpc) is 2.29. The van der Waals surface area contributed by atoms with E-state index in [1.807, 2.05) is 6.26 Å². The molecule has 0 spiro atoms. The van der Waals surface area contributed by atoms with Crippen LogP contribution in [-0.2, 0) is 4.74 Å². The molecule has 0 aromatic carbocycles. The van der Waals surface area contributed by atoms with Gasteiger partial charge in [0.15, 0.2) is 5.16 Å². The van der Waals surface area contributed by atoms with E-state index in [0.29, 0.717) is 10.7 Å². The van der Waals surface area contributed by atoms with Crippen molar-refractivity contribution in [3.8, 4) is 0 Å². The van der Waals surface area contributed by atoms with Gasteiger partial charge in [0.25, 0.3) is 0 Å². The van der Waals surface area contributed by atoms with Crippen LogP contribution >= 0.6 is 11.8 Å². The zero-order valence-corrected chi connectivity index (χ0v) is 9.11. The maximum absolute atomic E-state index is 10.6. The molecule has 7 heteroatoms. The highest BCUT2D eigenvalue weighted by atomic mass is 32.2. The molecule has 0 radical (unpaired) electrons. The lowest BCUT2D eigenvalue weighted by molar-refractivity contribution is 0.171. The predicted octanol–water partition coefficient (Wildman–Crippen LogP) is 0.888. The summed E-state index contributed by atoms with van der Waals surface area (Å²) in [6.07, 6.45) is 5.93. The average molecular weight is 226 g/mol. The van der Waals surface area contributed by atoms with E-state index in [-0.39, 0.29) is 0 Å². The zero-order valence-electron chi connectivity index (χ0n) is 8.30. The minimum Gasteiger partial charge on any atom is -0.452 e. The van der Waals surface area contributed by atoms with E-state index in [2.05, 4.69) is 25.2 Å². The van der Waals surface area contributed by atoms with Crippen LogP contribution in [0.2, 0.25) is 0 Å². The summed E-state index contributed by atoms with van der Waals surface area (Å²) < 4.78 is 4.33. The normalized spacial score (nSPS) is 10.3.